The zero-order valence-corrected chi connectivity index (χ0v) is 22.6. The molecule has 39 heavy (non-hydrogen) atoms. The lowest BCUT2D eigenvalue weighted by molar-refractivity contribution is -0.146. The Balaban J connectivity index is 1.70. The number of ether oxygens (including phenoxy) is 8. The van der Waals surface area contributed by atoms with Crippen molar-refractivity contribution in [1.29, 1.82) is 0 Å². The molecule has 1 rings (SSSR count). The average Bonchev–Trinajstić information content (AvgIpc) is 2.94. The predicted octanol–water partition coefficient (Wildman–Crippen LogP) is 2.17. The second kappa shape index (κ2) is 25.7. The molecule has 1 aromatic carbocycles. The number of rotatable bonds is 28. The monoisotopic (exact) mass is 558 g/mol. The molecule has 0 fully saturated rings. The lowest BCUT2D eigenvalue weighted by Crippen LogP contribution is -2.15. The minimum Gasteiger partial charge on any atom is -0.491 e. The molecule has 0 spiro atoms. The van der Waals surface area contributed by atoms with Gasteiger partial charge in [-0.3, -0.25) is 14.4 Å². The van der Waals surface area contributed by atoms with Crippen LogP contribution in [0.25, 0.3) is 0 Å². The third-order valence-corrected chi connectivity index (χ3v) is 4.88. The summed E-state index contributed by atoms with van der Waals surface area (Å²) in [6, 6.07) is 6.89. The number of unbranched alkanes of at least 4 members (excludes halogenated alkanes) is 1. The van der Waals surface area contributed by atoms with Crippen molar-refractivity contribution >= 4 is 18.2 Å². The van der Waals surface area contributed by atoms with Crippen molar-refractivity contribution in [3.05, 3.63) is 29.8 Å². The Labute approximate surface area is 229 Å². The van der Waals surface area contributed by atoms with Crippen LogP contribution in [0.3, 0.4) is 0 Å². The second-order valence-corrected chi connectivity index (χ2v) is 8.03. The van der Waals surface area contributed by atoms with Gasteiger partial charge in [0.2, 0.25) is 0 Å². The highest BCUT2D eigenvalue weighted by atomic mass is 16.6. The SMILES string of the molecule is O=Cc1ccc(OCCOCCOCCOCCOCCOCCOCCOC(=O)CCCCC(=O)O)cc1. The van der Waals surface area contributed by atoms with Crippen LogP contribution in [0.2, 0.25) is 0 Å². The molecule has 0 aliphatic carbocycles. The summed E-state index contributed by atoms with van der Waals surface area (Å²) < 4.78 is 42.9. The van der Waals surface area contributed by atoms with Gasteiger partial charge in [-0.15, -0.1) is 0 Å². The second-order valence-electron chi connectivity index (χ2n) is 8.03. The van der Waals surface area contributed by atoms with E-state index in [2.05, 4.69) is 0 Å². The van der Waals surface area contributed by atoms with Gasteiger partial charge in [-0.25, -0.2) is 0 Å². The Hall–Kier alpha value is -2.61. The van der Waals surface area contributed by atoms with E-state index in [1.807, 2.05) is 0 Å². The number of carbonyl (C=O) groups excluding carboxylic acids is 2. The maximum absolute atomic E-state index is 11.4. The Bertz CT molecular complexity index is 741. The van der Waals surface area contributed by atoms with Gasteiger partial charge in [-0.05, 0) is 37.1 Å². The third kappa shape index (κ3) is 23.0. The number of benzene rings is 1. The van der Waals surface area contributed by atoms with Gasteiger partial charge < -0.3 is 43.0 Å². The first kappa shape index (κ1) is 34.4. The van der Waals surface area contributed by atoms with Gasteiger partial charge in [-0.2, -0.15) is 0 Å². The fraction of sp³-hybridized carbons (Fsp3) is 0.667. The van der Waals surface area contributed by atoms with Crippen LogP contribution in [-0.4, -0.2) is 116 Å². The van der Waals surface area contributed by atoms with Crippen LogP contribution in [0.15, 0.2) is 24.3 Å². The standard InChI is InChI=1S/C27H42O12/c28-23-24-5-7-25(8-6-24)38-21-19-36-17-15-34-13-11-32-9-10-33-12-14-35-16-18-37-20-22-39-27(31)4-2-1-3-26(29)30/h5-8,23H,1-4,9-22H2,(H,29,30). The highest BCUT2D eigenvalue weighted by molar-refractivity contribution is 5.74. The van der Waals surface area contributed by atoms with E-state index in [1.165, 1.54) is 0 Å². The van der Waals surface area contributed by atoms with Crippen LogP contribution in [-0.2, 0) is 42.7 Å². The number of esters is 1. The van der Waals surface area contributed by atoms with Crippen molar-refractivity contribution in [2.45, 2.75) is 25.7 Å². The molecule has 0 aromatic heterocycles. The summed E-state index contributed by atoms with van der Waals surface area (Å²) in [7, 11) is 0. The minimum atomic E-state index is -0.864. The highest BCUT2D eigenvalue weighted by Gasteiger charge is 2.04. The van der Waals surface area contributed by atoms with Gasteiger partial charge in [0, 0.05) is 18.4 Å². The number of aliphatic carboxylic acids is 1. The summed E-state index contributed by atoms with van der Waals surface area (Å²) in [6.45, 7) is 5.79. The van der Waals surface area contributed by atoms with Crippen LogP contribution in [0.4, 0.5) is 0 Å². The number of aldehydes is 1. The van der Waals surface area contributed by atoms with E-state index in [9.17, 15) is 14.4 Å². The number of hydrogen-bond donors (Lipinski definition) is 1. The van der Waals surface area contributed by atoms with Crippen LogP contribution >= 0.6 is 0 Å². The van der Waals surface area contributed by atoms with Gasteiger partial charge in [0.1, 0.15) is 25.2 Å². The van der Waals surface area contributed by atoms with E-state index in [-0.39, 0.29) is 32.0 Å². The minimum absolute atomic E-state index is 0.0596. The zero-order chi connectivity index (χ0) is 28.2. The molecule has 222 valence electrons. The van der Waals surface area contributed by atoms with Crippen LogP contribution in [0, 0.1) is 0 Å². The fourth-order valence-electron chi connectivity index (χ4n) is 2.89. The Kier molecular flexibility index (Phi) is 22.6. The molecule has 0 aliphatic rings. The van der Waals surface area contributed by atoms with E-state index in [0.29, 0.717) is 103 Å². The normalized spacial score (nSPS) is 10.9. The fourth-order valence-corrected chi connectivity index (χ4v) is 2.89. The van der Waals surface area contributed by atoms with Gasteiger partial charge in [0.15, 0.2) is 0 Å². The first-order valence-electron chi connectivity index (χ1n) is 13.1. The predicted molar refractivity (Wildman–Crippen MR) is 139 cm³/mol. The molecule has 0 unspecified atom stereocenters. The van der Waals surface area contributed by atoms with Gasteiger partial charge >= 0.3 is 11.9 Å². The Morgan fingerprint density at radius 3 is 1.44 bits per heavy atom. The molecule has 12 heteroatoms. The molecule has 1 N–H and O–H groups in total. The maximum atomic E-state index is 11.4. The molecule has 0 bridgehead atoms. The topological polar surface area (TPSA) is 145 Å². The van der Waals surface area contributed by atoms with Gasteiger partial charge in [-0.1, -0.05) is 0 Å². The average molecular weight is 559 g/mol. The first-order valence-corrected chi connectivity index (χ1v) is 13.1. The highest BCUT2D eigenvalue weighted by Crippen LogP contribution is 2.10. The van der Waals surface area contributed by atoms with Crippen LogP contribution in [0.1, 0.15) is 36.0 Å². The molecule has 0 amide bonds. The van der Waals surface area contributed by atoms with Crippen molar-refractivity contribution in [2.75, 3.05) is 92.5 Å². The summed E-state index contributed by atoms with van der Waals surface area (Å²) in [5.41, 5.74) is 0.609. The molecule has 0 saturated carbocycles. The van der Waals surface area contributed by atoms with E-state index in [1.54, 1.807) is 24.3 Å². The lowest BCUT2D eigenvalue weighted by Gasteiger charge is -2.09. The van der Waals surface area contributed by atoms with E-state index >= 15 is 0 Å². The zero-order valence-electron chi connectivity index (χ0n) is 22.6. The van der Waals surface area contributed by atoms with Crippen molar-refractivity contribution in [3.63, 3.8) is 0 Å². The Morgan fingerprint density at radius 2 is 1.00 bits per heavy atom. The van der Waals surface area contributed by atoms with Gasteiger partial charge in [0.25, 0.3) is 0 Å². The molecule has 0 heterocycles. The summed E-state index contributed by atoms with van der Waals surface area (Å²) in [4.78, 5) is 32.4. The van der Waals surface area contributed by atoms with E-state index in [0.717, 1.165) is 6.29 Å². The van der Waals surface area contributed by atoms with E-state index < -0.39 is 5.97 Å². The molecular formula is C27H42O12. The number of carboxylic acids is 1. The van der Waals surface area contributed by atoms with Crippen molar-refractivity contribution < 1.29 is 57.4 Å². The lowest BCUT2D eigenvalue weighted by atomic mass is 10.2. The van der Waals surface area contributed by atoms with Crippen molar-refractivity contribution in [2.24, 2.45) is 0 Å². The molecule has 0 radical (unpaired) electrons. The van der Waals surface area contributed by atoms with Crippen molar-refractivity contribution in [3.8, 4) is 5.75 Å². The summed E-state index contributed by atoms with van der Waals surface area (Å²) in [6.07, 6.45) is 2.02. The van der Waals surface area contributed by atoms with Crippen molar-refractivity contribution in [1.82, 2.24) is 0 Å². The first-order chi connectivity index (χ1) is 19.1. The van der Waals surface area contributed by atoms with E-state index in [4.69, 9.17) is 43.0 Å². The maximum Gasteiger partial charge on any atom is 0.305 e. The summed E-state index contributed by atoms with van der Waals surface area (Å²) in [5.74, 6) is -0.520. The molecular weight excluding hydrogens is 516 g/mol. The molecule has 0 atom stereocenters. The van der Waals surface area contributed by atoms with Crippen LogP contribution in [0.5, 0.6) is 5.75 Å². The molecule has 12 nitrogen and oxygen atoms in total. The molecule has 0 saturated heterocycles. The number of hydrogen-bond acceptors (Lipinski definition) is 11. The quantitative estimate of drug-likeness (QED) is 0.0914. The largest absolute Gasteiger partial charge is 0.491 e. The van der Waals surface area contributed by atoms with Gasteiger partial charge in [0.05, 0.1) is 79.3 Å². The molecule has 1 aromatic rings. The number of carbonyl (C=O) groups is 3. The summed E-state index contributed by atoms with van der Waals surface area (Å²) >= 11 is 0. The number of carboxylic acid groups (broad SMARTS) is 1. The Morgan fingerprint density at radius 1 is 0.590 bits per heavy atom. The summed E-state index contributed by atoms with van der Waals surface area (Å²) in [5, 5.41) is 8.53. The molecule has 0 aliphatic heterocycles. The van der Waals surface area contributed by atoms with Crippen LogP contribution < -0.4 is 4.74 Å². The smallest absolute Gasteiger partial charge is 0.305 e. The third-order valence-electron chi connectivity index (χ3n) is 4.88.